The molecule has 0 aliphatic heterocycles. The van der Waals surface area contributed by atoms with Gasteiger partial charge in [0.15, 0.2) is 0 Å². The molecule has 0 saturated carbocycles. The molecule has 72 valence electrons. The maximum atomic E-state index is 13.2. The molecule has 5 heteroatoms. The van der Waals surface area contributed by atoms with E-state index in [2.05, 4.69) is 25.8 Å². The SMILES string of the molecule is CC(C)(ON)c1cc(Br)cnc1F. The normalized spacial score (nSPS) is 11.8. The van der Waals surface area contributed by atoms with Gasteiger partial charge in [-0.3, -0.25) is 4.84 Å². The van der Waals surface area contributed by atoms with Crippen LogP contribution in [0.15, 0.2) is 16.7 Å². The molecule has 0 aromatic carbocycles. The van der Waals surface area contributed by atoms with Gasteiger partial charge in [-0.05, 0) is 35.8 Å². The lowest BCUT2D eigenvalue weighted by Gasteiger charge is -2.22. The summed E-state index contributed by atoms with van der Waals surface area (Å²) in [7, 11) is 0. The van der Waals surface area contributed by atoms with E-state index in [1.165, 1.54) is 6.20 Å². The average molecular weight is 249 g/mol. The van der Waals surface area contributed by atoms with E-state index in [0.717, 1.165) is 0 Å². The molecule has 0 radical (unpaired) electrons. The summed E-state index contributed by atoms with van der Waals surface area (Å²) in [5.74, 6) is 4.48. The van der Waals surface area contributed by atoms with Gasteiger partial charge >= 0.3 is 0 Å². The Morgan fingerprint density at radius 1 is 1.62 bits per heavy atom. The van der Waals surface area contributed by atoms with Gasteiger partial charge in [0.25, 0.3) is 0 Å². The highest BCUT2D eigenvalue weighted by Gasteiger charge is 2.25. The molecule has 0 bridgehead atoms. The topological polar surface area (TPSA) is 48.1 Å². The fourth-order valence-corrected chi connectivity index (χ4v) is 1.24. The summed E-state index contributed by atoms with van der Waals surface area (Å²) in [5, 5.41) is 0. The number of nitrogens with zero attached hydrogens (tertiary/aromatic N) is 1. The predicted molar refractivity (Wildman–Crippen MR) is 50.2 cm³/mol. The Kier molecular flexibility index (Phi) is 3.00. The van der Waals surface area contributed by atoms with E-state index >= 15 is 0 Å². The molecular weight excluding hydrogens is 239 g/mol. The van der Waals surface area contributed by atoms with Gasteiger partial charge in [-0.2, -0.15) is 4.39 Å². The Labute approximate surface area is 84.2 Å². The second kappa shape index (κ2) is 3.69. The molecule has 1 heterocycles. The Bertz CT molecular complexity index is 317. The van der Waals surface area contributed by atoms with E-state index in [4.69, 9.17) is 5.90 Å². The van der Waals surface area contributed by atoms with Crippen molar-refractivity contribution in [1.29, 1.82) is 0 Å². The number of aromatic nitrogens is 1. The molecule has 2 N–H and O–H groups in total. The highest BCUT2D eigenvalue weighted by atomic mass is 79.9. The van der Waals surface area contributed by atoms with Crippen molar-refractivity contribution in [3.8, 4) is 0 Å². The van der Waals surface area contributed by atoms with Gasteiger partial charge in [0.1, 0.15) is 5.60 Å². The maximum absolute atomic E-state index is 13.2. The molecule has 0 saturated heterocycles. The van der Waals surface area contributed by atoms with Crippen LogP contribution >= 0.6 is 15.9 Å². The van der Waals surface area contributed by atoms with Crippen LogP contribution in [-0.4, -0.2) is 4.98 Å². The van der Waals surface area contributed by atoms with E-state index in [0.29, 0.717) is 10.0 Å². The van der Waals surface area contributed by atoms with Crippen LogP contribution in [0.4, 0.5) is 4.39 Å². The van der Waals surface area contributed by atoms with Gasteiger partial charge in [-0.15, -0.1) is 0 Å². The minimum Gasteiger partial charge on any atom is -0.294 e. The number of hydrogen-bond acceptors (Lipinski definition) is 3. The highest BCUT2D eigenvalue weighted by Crippen LogP contribution is 2.26. The van der Waals surface area contributed by atoms with Crippen molar-refractivity contribution in [2.24, 2.45) is 5.90 Å². The number of hydrogen-bond donors (Lipinski definition) is 1. The Morgan fingerprint density at radius 2 is 2.23 bits per heavy atom. The van der Waals surface area contributed by atoms with Gasteiger partial charge in [0.05, 0.1) is 0 Å². The number of halogens is 2. The minimum absolute atomic E-state index is 0.323. The predicted octanol–water partition coefficient (Wildman–Crippen LogP) is 2.11. The summed E-state index contributed by atoms with van der Waals surface area (Å²) >= 11 is 3.19. The standard InChI is InChI=1S/C8H10BrFN2O/c1-8(2,13-11)6-3-5(9)4-12-7(6)10/h3-4H,11H2,1-2H3. The van der Waals surface area contributed by atoms with Crippen LogP contribution in [0.25, 0.3) is 0 Å². The Hall–Kier alpha value is -0.520. The molecule has 0 fully saturated rings. The van der Waals surface area contributed by atoms with E-state index in [-0.39, 0.29) is 0 Å². The molecule has 1 aromatic rings. The summed E-state index contributed by atoms with van der Waals surface area (Å²) in [6.45, 7) is 3.33. The Balaban J connectivity index is 3.20. The molecule has 0 aliphatic carbocycles. The van der Waals surface area contributed by atoms with Gasteiger partial charge in [0, 0.05) is 16.2 Å². The first-order valence-electron chi connectivity index (χ1n) is 3.67. The van der Waals surface area contributed by atoms with E-state index in [9.17, 15) is 4.39 Å². The van der Waals surface area contributed by atoms with Crippen LogP contribution in [-0.2, 0) is 10.4 Å². The molecule has 0 aliphatic rings. The van der Waals surface area contributed by atoms with Crippen molar-refractivity contribution < 1.29 is 9.23 Å². The van der Waals surface area contributed by atoms with Crippen LogP contribution in [0, 0.1) is 5.95 Å². The zero-order chi connectivity index (χ0) is 10.1. The van der Waals surface area contributed by atoms with Gasteiger partial charge in [-0.1, -0.05) is 0 Å². The zero-order valence-electron chi connectivity index (χ0n) is 7.34. The first-order chi connectivity index (χ1) is 5.97. The van der Waals surface area contributed by atoms with Crippen LogP contribution < -0.4 is 5.90 Å². The highest BCUT2D eigenvalue weighted by molar-refractivity contribution is 9.10. The molecule has 0 amide bonds. The van der Waals surface area contributed by atoms with Crippen molar-refractivity contribution >= 4 is 15.9 Å². The molecule has 1 rings (SSSR count). The maximum Gasteiger partial charge on any atom is 0.219 e. The van der Waals surface area contributed by atoms with Gasteiger partial charge < -0.3 is 0 Å². The molecule has 13 heavy (non-hydrogen) atoms. The smallest absolute Gasteiger partial charge is 0.219 e. The largest absolute Gasteiger partial charge is 0.294 e. The molecular formula is C8H10BrFN2O. The molecule has 3 nitrogen and oxygen atoms in total. The number of rotatable bonds is 2. The molecule has 0 unspecified atom stereocenters. The van der Waals surface area contributed by atoms with E-state index in [1.54, 1.807) is 19.9 Å². The summed E-state index contributed by atoms with van der Waals surface area (Å²) < 4.78 is 13.9. The van der Waals surface area contributed by atoms with Crippen molar-refractivity contribution in [3.63, 3.8) is 0 Å². The lowest BCUT2D eigenvalue weighted by molar-refractivity contribution is -0.0266. The van der Waals surface area contributed by atoms with Crippen LogP contribution in [0.1, 0.15) is 19.4 Å². The van der Waals surface area contributed by atoms with Crippen molar-refractivity contribution in [2.45, 2.75) is 19.4 Å². The van der Waals surface area contributed by atoms with E-state index in [1.807, 2.05) is 0 Å². The quantitative estimate of drug-likeness (QED) is 0.645. The van der Waals surface area contributed by atoms with Crippen molar-refractivity contribution in [2.75, 3.05) is 0 Å². The third-order valence-corrected chi connectivity index (χ3v) is 2.18. The summed E-state index contributed by atoms with van der Waals surface area (Å²) in [4.78, 5) is 8.20. The molecule has 1 aromatic heterocycles. The van der Waals surface area contributed by atoms with Crippen LogP contribution in [0.5, 0.6) is 0 Å². The lowest BCUT2D eigenvalue weighted by Crippen LogP contribution is -2.27. The van der Waals surface area contributed by atoms with Crippen molar-refractivity contribution in [1.82, 2.24) is 4.98 Å². The number of pyridine rings is 1. The second-order valence-electron chi connectivity index (χ2n) is 3.12. The fourth-order valence-electron chi connectivity index (χ4n) is 0.908. The first-order valence-corrected chi connectivity index (χ1v) is 4.46. The van der Waals surface area contributed by atoms with Gasteiger partial charge in [-0.25, -0.2) is 10.9 Å². The van der Waals surface area contributed by atoms with Crippen molar-refractivity contribution in [3.05, 3.63) is 28.2 Å². The average Bonchev–Trinajstić information content (AvgIpc) is 2.09. The third kappa shape index (κ3) is 2.24. The second-order valence-corrected chi connectivity index (χ2v) is 4.04. The summed E-state index contributed by atoms with van der Waals surface area (Å²) in [5.41, 5.74) is -0.551. The third-order valence-electron chi connectivity index (χ3n) is 1.75. The van der Waals surface area contributed by atoms with Gasteiger partial charge in [0.2, 0.25) is 5.95 Å². The molecule has 0 atom stereocenters. The monoisotopic (exact) mass is 248 g/mol. The van der Waals surface area contributed by atoms with Crippen LogP contribution in [0.3, 0.4) is 0 Å². The summed E-state index contributed by atoms with van der Waals surface area (Å²) in [6, 6.07) is 1.59. The lowest BCUT2D eigenvalue weighted by atomic mass is 10.0. The van der Waals surface area contributed by atoms with E-state index < -0.39 is 11.5 Å². The zero-order valence-corrected chi connectivity index (χ0v) is 8.93. The summed E-state index contributed by atoms with van der Waals surface area (Å²) in [6.07, 6.45) is 1.38. The fraction of sp³-hybridized carbons (Fsp3) is 0.375. The number of nitrogens with two attached hydrogens (primary N) is 1. The minimum atomic E-state index is -0.874. The molecule has 0 spiro atoms. The first kappa shape index (κ1) is 10.6. The van der Waals surface area contributed by atoms with Crippen LogP contribution in [0.2, 0.25) is 0 Å². The Morgan fingerprint density at radius 3 is 2.77 bits per heavy atom.